The van der Waals surface area contributed by atoms with Crippen molar-refractivity contribution in [3.05, 3.63) is 66.0 Å². The zero-order valence-electron chi connectivity index (χ0n) is 10.7. The summed E-state index contributed by atoms with van der Waals surface area (Å²) in [6.07, 6.45) is 5.43. The van der Waals surface area contributed by atoms with E-state index in [1.807, 2.05) is 43.3 Å². The summed E-state index contributed by atoms with van der Waals surface area (Å²) >= 11 is 0. The van der Waals surface area contributed by atoms with Crippen molar-refractivity contribution in [2.75, 3.05) is 0 Å². The van der Waals surface area contributed by atoms with E-state index >= 15 is 0 Å². The maximum Gasteiger partial charge on any atom is 0.123 e. The molecular formula is C16H19F. The molecule has 0 unspecified atom stereocenters. The van der Waals surface area contributed by atoms with Gasteiger partial charge in [0.15, 0.2) is 0 Å². The van der Waals surface area contributed by atoms with E-state index in [4.69, 9.17) is 0 Å². The molecule has 0 heterocycles. The minimum absolute atomic E-state index is 0.402. The van der Waals surface area contributed by atoms with Gasteiger partial charge in [0, 0.05) is 5.57 Å². The van der Waals surface area contributed by atoms with Crippen LogP contribution in [0.5, 0.6) is 0 Å². The quantitative estimate of drug-likeness (QED) is 0.619. The fourth-order valence-corrected chi connectivity index (χ4v) is 1.58. The summed E-state index contributed by atoms with van der Waals surface area (Å²) in [7, 11) is 0. The molecule has 0 aliphatic heterocycles. The summed E-state index contributed by atoms with van der Waals surface area (Å²) < 4.78 is 13.3. The second-order valence-corrected chi connectivity index (χ2v) is 4.29. The molecule has 90 valence electrons. The molecule has 0 fully saturated rings. The monoisotopic (exact) mass is 230 g/mol. The van der Waals surface area contributed by atoms with Gasteiger partial charge in [0.2, 0.25) is 0 Å². The van der Waals surface area contributed by atoms with Crippen LogP contribution < -0.4 is 0 Å². The summed E-state index contributed by atoms with van der Waals surface area (Å²) in [6.45, 7) is 9.55. The van der Waals surface area contributed by atoms with Crippen LogP contribution in [0.1, 0.15) is 37.8 Å². The van der Waals surface area contributed by atoms with Gasteiger partial charge < -0.3 is 0 Å². The highest BCUT2D eigenvalue weighted by Gasteiger charge is 2.05. The third-order valence-corrected chi connectivity index (χ3v) is 2.64. The van der Waals surface area contributed by atoms with Crippen LogP contribution in [0.4, 0.5) is 4.39 Å². The molecule has 1 aromatic carbocycles. The number of hydrogen-bond donors (Lipinski definition) is 0. The lowest BCUT2D eigenvalue weighted by atomic mass is 9.98. The first-order valence-corrected chi connectivity index (χ1v) is 5.84. The Morgan fingerprint density at radius 3 is 2.24 bits per heavy atom. The van der Waals surface area contributed by atoms with Crippen LogP contribution in [0, 0.1) is 0 Å². The molecule has 0 aliphatic rings. The van der Waals surface area contributed by atoms with E-state index in [0.717, 1.165) is 5.56 Å². The molecule has 0 radical (unpaired) electrons. The van der Waals surface area contributed by atoms with E-state index in [-0.39, 0.29) is 0 Å². The largest absolute Gasteiger partial charge is 0.207 e. The third kappa shape index (κ3) is 3.70. The molecule has 0 saturated heterocycles. The van der Waals surface area contributed by atoms with Crippen LogP contribution >= 0.6 is 0 Å². The van der Waals surface area contributed by atoms with Gasteiger partial charge in [-0.2, -0.15) is 0 Å². The molecule has 17 heavy (non-hydrogen) atoms. The van der Waals surface area contributed by atoms with Crippen molar-refractivity contribution in [1.29, 1.82) is 0 Å². The molecule has 0 saturated carbocycles. The maximum atomic E-state index is 13.3. The van der Waals surface area contributed by atoms with E-state index in [2.05, 4.69) is 20.4 Å². The second kappa shape index (κ2) is 6.19. The summed E-state index contributed by atoms with van der Waals surface area (Å²) in [5.41, 5.74) is 2.65. The Morgan fingerprint density at radius 1 is 1.24 bits per heavy atom. The van der Waals surface area contributed by atoms with Crippen LogP contribution in [0.3, 0.4) is 0 Å². The zero-order chi connectivity index (χ0) is 12.8. The Hall–Kier alpha value is -1.63. The molecule has 0 amide bonds. The molecule has 0 spiro atoms. The Kier molecular flexibility index (Phi) is 4.89. The SMILES string of the molecule is C=C(F)/C(=C\C=C/C)c1ccc(C(C)C)cc1. The highest BCUT2D eigenvalue weighted by molar-refractivity contribution is 5.77. The van der Waals surface area contributed by atoms with E-state index in [1.165, 1.54) is 5.56 Å². The molecule has 0 N–H and O–H groups in total. The van der Waals surface area contributed by atoms with Crippen LogP contribution in [0.15, 0.2) is 54.9 Å². The first-order valence-electron chi connectivity index (χ1n) is 5.84. The van der Waals surface area contributed by atoms with Gasteiger partial charge in [0.05, 0.1) is 0 Å². The Labute approximate surface area is 103 Å². The lowest BCUT2D eigenvalue weighted by Gasteiger charge is -2.08. The fourth-order valence-electron chi connectivity index (χ4n) is 1.58. The minimum Gasteiger partial charge on any atom is -0.207 e. The van der Waals surface area contributed by atoms with Gasteiger partial charge in [-0.3, -0.25) is 0 Å². The zero-order valence-corrected chi connectivity index (χ0v) is 10.7. The van der Waals surface area contributed by atoms with Crippen molar-refractivity contribution in [2.24, 2.45) is 0 Å². The molecule has 0 nitrogen and oxygen atoms in total. The first-order chi connectivity index (χ1) is 8.06. The normalized spacial score (nSPS) is 12.4. The molecule has 0 atom stereocenters. The van der Waals surface area contributed by atoms with Crippen LogP contribution in [-0.2, 0) is 0 Å². The number of halogens is 1. The molecule has 1 aromatic rings. The average molecular weight is 230 g/mol. The van der Waals surface area contributed by atoms with Gasteiger partial charge in [0.1, 0.15) is 5.83 Å². The topological polar surface area (TPSA) is 0 Å². The Bertz CT molecular complexity index is 433. The van der Waals surface area contributed by atoms with E-state index < -0.39 is 5.83 Å². The Balaban J connectivity index is 3.08. The third-order valence-electron chi connectivity index (χ3n) is 2.64. The van der Waals surface area contributed by atoms with Crippen LogP contribution in [-0.4, -0.2) is 0 Å². The van der Waals surface area contributed by atoms with E-state index in [0.29, 0.717) is 11.5 Å². The fraction of sp³-hybridized carbons (Fsp3) is 0.250. The van der Waals surface area contributed by atoms with E-state index in [9.17, 15) is 4.39 Å². The van der Waals surface area contributed by atoms with Crippen LogP contribution in [0.2, 0.25) is 0 Å². The predicted octanol–water partition coefficient (Wildman–Crippen LogP) is 5.25. The van der Waals surface area contributed by atoms with Crippen molar-refractivity contribution in [3.8, 4) is 0 Å². The first kappa shape index (κ1) is 13.4. The van der Waals surface area contributed by atoms with Crippen molar-refractivity contribution in [3.63, 3.8) is 0 Å². The molecule has 0 aromatic heterocycles. The number of allylic oxidation sites excluding steroid dienone is 5. The van der Waals surface area contributed by atoms with Gasteiger partial charge in [-0.1, -0.05) is 62.9 Å². The van der Waals surface area contributed by atoms with Crippen molar-refractivity contribution in [2.45, 2.75) is 26.7 Å². The standard InChI is InChI=1S/C16H19F/c1-5-6-7-16(13(4)17)15-10-8-14(9-11-15)12(2)3/h5-12H,4H2,1-3H3/b6-5-,16-7+. The Morgan fingerprint density at radius 2 is 1.82 bits per heavy atom. The minimum atomic E-state index is -0.402. The van der Waals surface area contributed by atoms with Gasteiger partial charge >= 0.3 is 0 Å². The second-order valence-electron chi connectivity index (χ2n) is 4.29. The molecule has 1 heteroatoms. The van der Waals surface area contributed by atoms with Crippen molar-refractivity contribution >= 4 is 5.57 Å². The van der Waals surface area contributed by atoms with Gasteiger partial charge in [-0.25, -0.2) is 4.39 Å². The van der Waals surface area contributed by atoms with Crippen LogP contribution in [0.25, 0.3) is 5.57 Å². The summed E-state index contributed by atoms with van der Waals surface area (Å²) in [5, 5.41) is 0. The lowest BCUT2D eigenvalue weighted by molar-refractivity contribution is 0.678. The van der Waals surface area contributed by atoms with Gasteiger partial charge in [-0.15, -0.1) is 0 Å². The molecule has 0 bridgehead atoms. The van der Waals surface area contributed by atoms with Crippen molar-refractivity contribution < 1.29 is 4.39 Å². The number of benzene rings is 1. The maximum absolute atomic E-state index is 13.3. The lowest BCUT2D eigenvalue weighted by Crippen LogP contribution is -1.89. The summed E-state index contributed by atoms with van der Waals surface area (Å²) in [6, 6.07) is 7.95. The number of rotatable bonds is 4. The smallest absolute Gasteiger partial charge is 0.123 e. The predicted molar refractivity (Wildman–Crippen MR) is 73.6 cm³/mol. The van der Waals surface area contributed by atoms with Gasteiger partial charge in [-0.05, 0) is 24.0 Å². The van der Waals surface area contributed by atoms with Crippen molar-refractivity contribution in [1.82, 2.24) is 0 Å². The molecular weight excluding hydrogens is 211 g/mol. The summed E-state index contributed by atoms with van der Waals surface area (Å²) in [5.74, 6) is 0.0843. The molecule has 0 aliphatic carbocycles. The average Bonchev–Trinajstić information content (AvgIpc) is 2.29. The number of hydrogen-bond acceptors (Lipinski definition) is 0. The van der Waals surface area contributed by atoms with Gasteiger partial charge in [0.25, 0.3) is 0 Å². The summed E-state index contributed by atoms with van der Waals surface area (Å²) in [4.78, 5) is 0. The highest BCUT2D eigenvalue weighted by atomic mass is 19.1. The molecule has 1 rings (SSSR count). The highest BCUT2D eigenvalue weighted by Crippen LogP contribution is 2.25. The van der Waals surface area contributed by atoms with E-state index in [1.54, 1.807) is 6.08 Å².